The molecule has 1 heterocycles. The van der Waals surface area contributed by atoms with Crippen molar-refractivity contribution in [1.29, 1.82) is 0 Å². The lowest BCUT2D eigenvalue weighted by Gasteiger charge is -2.30. The summed E-state index contributed by atoms with van der Waals surface area (Å²) in [5, 5.41) is 5.56. The van der Waals surface area contributed by atoms with Crippen molar-refractivity contribution in [3.05, 3.63) is 28.2 Å². The van der Waals surface area contributed by atoms with Gasteiger partial charge in [0.25, 0.3) is 0 Å². The number of aryl methyl sites for hydroxylation is 1. The van der Waals surface area contributed by atoms with Crippen molar-refractivity contribution in [3.63, 3.8) is 0 Å². The number of amides is 2. The average molecular weight is 446 g/mol. The van der Waals surface area contributed by atoms with Gasteiger partial charge in [-0.05, 0) is 37.5 Å². The first-order valence-electron chi connectivity index (χ1n) is 8.45. The molecule has 26 heavy (non-hydrogen) atoms. The van der Waals surface area contributed by atoms with Gasteiger partial charge in [-0.15, -0.1) is 0 Å². The van der Waals surface area contributed by atoms with E-state index in [2.05, 4.69) is 26.6 Å². The van der Waals surface area contributed by atoms with E-state index in [1.807, 2.05) is 25.1 Å². The summed E-state index contributed by atoms with van der Waals surface area (Å²) in [5.41, 5.74) is 1.68. The molecule has 1 atom stereocenters. The lowest BCUT2D eigenvalue weighted by molar-refractivity contribution is -0.126. The maximum Gasteiger partial charge on any atom is 0.226 e. The first-order chi connectivity index (χ1) is 12.2. The van der Waals surface area contributed by atoms with Crippen molar-refractivity contribution in [2.45, 2.75) is 26.2 Å². The number of carbonyl (C=O) groups excluding carboxylic acids is 2. The summed E-state index contributed by atoms with van der Waals surface area (Å²) >= 11 is 3.37. The summed E-state index contributed by atoms with van der Waals surface area (Å²) in [6.45, 7) is 2.78. The van der Waals surface area contributed by atoms with Gasteiger partial charge in [-0.3, -0.25) is 9.59 Å². The number of carbonyl (C=O) groups is 2. The minimum absolute atomic E-state index is 0.153. The minimum atomic E-state index is -3.28. The van der Waals surface area contributed by atoms with E-state index in [-0.39, 0.29) is 37.2 Å². The van der Waals surface area contributed by atoms with Crippen LogP contribution in [0.5, 0.6) is 0 Å². The predicted octanol–water partition coefficient (Wildman–Crippen LogP) is 1.87. The van der Waals surface area contributed by atoms with E-state index in [1.54, 1.807) is 0 Å². The zero-order chi connectivity index (χ0) is 19.3. The van der Waals surface area contributed by atoms with Crippen LogP contribution in [0.4, 0.5) is 5.69 Å². The summed E-state index contributed by atoms with van der Waals surface area (Å²) < 4.78 is 25.5. The normalized spacial score (nSPS) is 18.3. The van der Waals surface area contributed by atoms with Crippen molar-refractivity contribution in [3.8, 4) is 0 Å². The van der Waals surface area contributed by atoms with Crippen LogP contribution in [0.15, 0.2) is 22.7 Å². The molecular formula is C17H24BrN3O4S. The third-order valence-electron chi connectivity index (χ3n) is 4.35. The highest BCUT2D eigenvalue weighted by molar-refractivity contribution is 9.10. The van der Waals surface area contributed by atoms with Gasteiger partial charge < -0.3 is 10.6 Å². The van der Waals surface area contributed by atoms with E-state index in [1.165, 1.54) is 4.31 Å². The van der Waals surface area contributed by atoms with E-state index >= 15 is 0 Å². The fourth-order valence-corrected chi connectivity index (χ4v) is 4.12. The molecule has 1 unspecified atom stereocenters. The Labute approximate surface area is 162 Å². The van der Waals surface area contributed by atoms with Crippen LogP contribution in [-0.4, -0.2) is 50.4 Å². The Morgan fingerprint density at radius 2 is 2.08 bits per heavy atom. The molecule has 0 radical (unpaired) electrons. The molecule has 2 rings (SSSR count). The third kappa shape index (κ3) is 6.07. The number of anilines is 1. The van der Waals surface area contributed by atoms with Gasteiger partial charge in [-0.1, -0.05) is 22.0 Å². The molecule has 0 saturated carbocycles. The minimum Gasteiger partial charge on any atom is -0.355 e. The van der Waals surface area contributed by atoms with Gasteiger partial charge in [-0.25, -0.2) is 12.7 Å². The average Bonchev–Trinajstić information content (AvgIpc) is 2.57. The van der Waals surface area contributed by atoms with Crippen molar-refractivity contribution in [1.82, 2.24) is 9.62 Å². The SMILES string of the molecule is Cc1ccc(Br)cc1NC(=O)CCNC(=O)C1CCCN(S(C)(=O)=O)C1. The molecule has 2 amide bonds. The Morgan fingerprint density at radius 1 is 1.35 bits per heavy atom. The molecule has 1 aliphatic rings. The number of piperidine rings is 1. The second-order valence-corrected chi connectivity index (χ2v) is 9.41. The number of nitrogens with one attached hydrogen (secondary N) is 2. The van der Waals surface area contributed by atoms with E-state index in [0.29, 0.717) is 19.4 Å². The van der Waals surface area contributed by atoms with Gasteiger partial charge in [0, 0.05) is 36.2 Å². The zero-order valence-corrected chi connectivity index (χ0v) is 17.3. The van der Waals surface area contributed by atoms with Gasteiger partial charge in [0.15, 0.2) is 0 Å². The highest BCUT2D eigenvalue weighted by Crippen LogP contribution is 2.21. The van der Waals surface area contributed by atoms with Crippen LogP contribution in [0.25, 0.3) is 0 Å². The Balaban J connectivity index is 1.79. The van der Waals surface area contributed by atoms with Crippen molar-refractivity contribution in [2.24, 2.45) is 5.92 Å². The first-order valence-corrected chi connectivity index (χ1v) is 11.1. The second kappa shape index (κ2) is 8.96. The van der Waals surface area contributed by atoms with Gasteiger partial charge >= 0.3 is 0 Å². The molecule has 1 aliphatic heterocycles. The first kappa shape index (κ1) is 20.9. The number of rotatable bonds is 6. The molecule has 2 N–H and O–H groups in total. The molecule has 144 valence electrons. The summed E-state index contributed by atoms with van der Waals surface area (Å²) in [7, 11) is -3.28. The molecule has 1 fully saturated rings. The van der Waals surface area contributed by atoms with Gasteiger partial charge in [0.1, 0.15) is 0 Å². The van der Waals surface area contributed by atoms with Crippen LogP contribution < -0.4 is 10.6 Å². The maximum absolute atomic E-state index is 12.2. The van der Waals surface area contributed by atoms with E-state index in [4.69, 9.17) is 0 Å². The summed E-state index contributed by atoms with van der Waals surface area (Å²) in [5.74, 6) is -0.758. The summed E-state index contributed by atoms with van der Waals surface area (Å²) in [6.07, 6.45) is 2.62. The molecule has 9 heteroatoms. The standard InChI is InChI=1S/C17H24BrN3O4S/c1-12-5-6-14(18)10-15(12)20-16(22)7-8-19-17(23)13-4-3-9-21(11-13)26(2,24)25/h5-6,10,13H,3-4,7-9,11H2,1-2H3,(H,19,23)(H,20,22). The van der Waals surface area contributed by atoms with Crippen LogP contribution in [0.2, 0.25) is 0 Å². The molecule has 0 aromatic heterocycles. The van der Waals surface area contributed by atoms with Crippen LogP contribution in [0, 0.1) is 12.8 Å². The van der Waals surface area contributed by atoms with Gasteiger partial charge in [0.2, 0.25) is 21.8 Å². The molecule has 1 saturated heterocycles. The van der Waals surface area contributed by atoms with Crippen LogP contribution >= 0.6 is 15.9 Å². The quantitative estimate of drug-likeness (QED) is 0.698. The smallest absolute Gasteiger partial charge is 0.226 e. The van der Waals surface area contributed by atoms with E-state index < -0.39 is 10.0 Å². The van der Waals surface area contributed by atoms with Crippen LogP contribution in [-0.2, 0) is 19.6 Å². The monoisotopic (exact) mass is 445 g/mol. The molecule has 1 aromatic rings. The number of hydrogen-bond acceptors (Lipinski definition) is 4. The van der Waals surface area contributed by atoms with E-state index in [9.17, 15) is 18.0 Å². The van der Waals surface area contributed by atoms with Crippen molar-refractivity contribution >= 4 is 43.5 Å². The highest BCUT2D eigenvalue weighted by atomic mass is 79.9. The molecular weight excluding hydrogens is 422 g/mol. The van der Waals surface area contributed by atoms with Crippen molar-refractivity contribution < 1.29 is 18.0 Å². The number of nitrogens with zero attached hydrogens (tertiary/aromatic N) is 1. The fourth-order valence-electron chi connectivity index (χ4n) is 2.84. The van der Waals surface area contributed by atoms with Gasteiger partial charge in [-0.2, -0.15) is 0 Å². The fraction of sp³-hybridized carbons (Fsp3) is 0.529. The Bertz CT molecular complexity index is 782. The lowest BCUT2D eigenvalue weighted by atomic mass is 9.99. The maximum atomic E-state index is 12.2. The van der Waals surface area contributed by atoms with Crippen molar-refractivity contribution in [2.75, 3.05) is 31.2 Å². The van der Waals surface area contributed by atoms with Crippen LogP contribution in [0.1, 0.15) is 24.8 Å². The topological polar surface area (TPSA) is 95.6 Å². The molecule has 1 aromatic carbocycles. The number of sulfonamides is 1. The third-order valence-corrected chi connectivity index (χ3v) is 6.11. The molecule has 0 spiro atoms. The Kier molecular flexibility index (Phi) is 7.19. The molecule has 7 nitrogen and oxygen atoms in total. The Morgan fingerprint density at radius 3 is 2.77 bits per heavy atom. The lowest BCUT2D eigenvalue weighted by Crippen LogP contribution is -2.45. The number of halogens is 1. The summed E-state index contributed by atoms with van der Waals surface area (Å²) in [6, 6.07) is 5.63. The predicted molar refractivity (Wildman–Crippen MR) is 104 cm³/mol. The Hall–Kier alpha value is -1.45. The highest BCUT2D eigenvalue weighted by Gasteiger charge is 2.29. The van der Waals surface area contributed by atoms with E-state index in [0.717, 1.165) is 22.0 Å². The molecule has 0 bridgehead atoms. The second-order valence-electron chi connectivity index (χ2n) is 6.51. The number of hydrogen-bond donors (Lipinski definition) is 2. The molecule has 0 aliphatic carbocycles. The van der Waals surface area contributed by atoms with Gasteiger partial charge in [0.05, 0.1) is 12.2 Å². The van der Waals surface area contributed by atoms with Crippen LogP contribution in [0.3, 0.4) is 0 Å². The zero-order valence-electron chi connectivity index (χ0n) is 14.9. The number of benzene rings is 1. The largest absolute Gasteiger partial charge is 0.355 e. The summed E-state index contributed by atoms with van der Waals surface area (Å²) in [4.78, 5) is 24.3.